The average Bonchev–Trinajstić information content (AvgIpc) is 2.57. The maximum atomic E-state index is 12.4. The highest BCUT2D eigenvalue weighted by molar-refractivity contribution is 5.92. The summed E-state index contributed by atoms with van der Waals surface area (Å²) in [5.74, 6) is 0.574. The number of benzene rings is 2. The summed E-state index contributed by atoms with van der Waals surface area (Å²) in [5.41, 5.74) is 3.42. The Kier molecular flexibility index (Phi) is 4.57. The zero-order valence-electron chi connectivity index (χ0n) is 14.5. The second kappa shape index (κ2) is 6.81. The van der Waals surface area contributed by atoms with Crippen LogP contribution in [-0.2, 0) is 11.3 Å². The molecule has 3 aromatic rings. The molecule has 2 aromatic carbocycles. The smallest absolute Gasteiger partial charge is 0.244 e. The van der Waals surface area contributed by atoms with E-state index in [1.807, 2.05) is 26.0 Å². The second-order valence-electron chi connectivity index (χ2n) is 6.06. The van der Waals surface area contributed by atoms with Crippen LogP contribution in [0.5, 0.6) is 5.75 Å². The molecule has 0 aliphatic carbocycles. The zero-order valence-corrected chi connectivity index (χ0v) is 14.5. The number of rotatable bonds is 4. The number of nitrogens with zero attached hydrogens (tertiary/aromatic N) is 1. The minimum atomic E-state index is -0.158. The number of ether oxygens (including phenoxy) is 1. The van der Waals surface area contributed by atoms with E-state index in [0.717, 1.165) is 22.4 Å². The summed E-state index contributed by atoms with van der Waals surface area (Å²) in [4.78, 5) is 24.6. The fraction of sp³-hybridized carbons (Fsp3) is 0.200. The molecule has 0 aliphatic heterocycles. The van der Waals surface area contributed by atoms with Gasteiger partial charge in [0.2, 0.25) is 5.91 Å². The monoisotopic (exact) mass is 336 g/mol. The fourth-order valence-electron chi connectivity index (χ4n) is 2.98. The Morgan fingerprint density at radius 2 is 1.84 bits per heavy atom. The third-order valence-electron chi connectivity index (χ3n) is 4.11. The first-order valence-corrected chi connectivity index (χ1v) is 8.02. The van der Waals surface area contributed by atoms with E-state index >= 15 is 0 Å². The summed E-state index contributed by atoms with van der Waals surface area (Å²) in [6.45, 7) is 4.02. The lowest BCUT2D eigenvalue weighted by atomic mass is 10.1. The van der Waals surface area contributed by atoms with E-state index in [1.165, 1.54) is 6.07 Å². The third-order valence-corrected chi connectivity index (χ3v) is 4.11. The van der Waals surface area contributed by atoms with Crippen molar-refractivity contribution in [1.29, 1.82) is 0 Å². The molecular formula is C20H20N2O3. The minimum Gasteiger partial charge on any atom is -0.497 e. The number of aryl methyl sites for hydroxylation is 2. The molecule has 25 heavy (non-hydrogen) atoms. The van der Waals surface area contributed by atoms with Gasteiger partial charge in [-0.25, -0.2) is 0 Å². The Balaban J connectivity index is 1.88. The van der Waals surface area contributed by atoms with Gasteiger partial charge in [-0.15, -0.1) is 0 Å². The van der Waals surface area contributed by atoms with Crippen molar-refractivity contribution in [3.8, 4) is 5.75 Å². The molecule has 0 atom stereocenters. The summed E-state index contributed by atoms with van der Waals surface area (Å²) in [6.07, 6.45) is 1.66. The lowest BCUT2D eigenvalue weighted by molar-refractivity contribution is -0.116. The molecule has 0 saturated carbocycles. The molecule has 0 saturated heterocycles. The maximum absolute atomic E-state index is 12.4. The van der Waals surface area contributed by atoms with Crippen molar-refractivity contribution in [2.24, 2.45) is 0 Å². The summed E-state index contributed by atoms with van der Waals surface area (Å²) >= 11 is 0. The number of anilines is 1. The number of hydrogen-bond acceptors (Lipinski definition) is 3. The van der Waals surface area contributed by atoms with Gasteiger partial charge in [0.1, 0.15) is 12.3 Å². The highest BCUT2D eigenvalue weighted by atomic mass is 16.5. The van der Waals surface area contributed by atoms with Gasteiger partial charge in [-0.2, -0.15) is 0 Å². The van der Waals surface area contributed by atoms with Crippen molar-refractivity contribution < 1.29 is 9.53 Å². The summed E-state index contributed by atoms with van der Waals surface area (Å²) in [7, 11) is 1.60. The Labute approximate surface area is 145 Å². The van der Waals surface area contributed by atoms with Crippen molar-refractivity contribution >= 4 is 22.5 Å². The van der Waals surface area contributed by atoms with Gasteiger partial charge >= 0.3 is 0 Å². The predicted octanol–water partition coefficient (Wildman–Crippen LogP) is 3.27. The van der Waals surface area contributed by atoms with Crippen LogP contribution in [0.15, 0.2) is 53.5 Å². The van der Waals surface area contributed by atoms with Crippen molar-refractivity contribution in [1.82, 2.24) is 4.57 Å². The quantitative estimate of drug-likeness (QED) is 0.795. The summed E-state index contributed by atoms with van der Waals surface area (Å²) in [5, 5.41) is 3.51. The van der Waals surface area contributed by atoms with E-state index in [-0.39, 0.29) is 17.9 Å². The molecule has 0 radical (unpaired) electrons. The summed E-state index contributed by atoms with van der Waals surface area (Å²) in [6, 6.07) is 12.6. The van der Waals surface area contributed by atoms with Gasteiger partial charge in [0.05, 0.1) is 12.6 Å². The number of aromatic nitrogens is 1. The van der Waals surface area contributed by atoms with Crippen LogP contribution in [0.3, 0.4) is 0 Å². The van der Waals surface area contributed by atoms with Gasteiger partial charge in [-0.1, -0.05) is 6.07 Å². The first-order chi connectivity index (χ1) is 12.0. The van der Waals surface area contributed by atoms with Gasteiger partial charge < -0.3 is 14.6 Å². The molecule has 1 aromatic heterocycles. The highest BCUT2D eigenvalue weighted by Crippen LogP contribution is 2.18. The number of carbonyl (C=O) groups is 1. The number of nitrogens with one attached hydrogen (secondary N) is 1. The Hall–Kier alpha value is -3.08. The molecule has 3 rings (SSSR count). The van der Waals surface area contributed by atoms with Crippen LogP contribution in [0.2, 0.25) is 0 Å². The largest absolute Gasteiger partial charge is 0.497 e. The molecule has 1 heterocycles. The molecule has 5 nitrogen and oxygen atoms in total. The van der Waals surface area contributed by atoms with Gasteiger partial charge in [-0.05, 0) is 55.3 Å². The Bertz CT molecular complexity index is 988. The van der Waals surface area contributed by atoms with Crippen LogP contribution in [-0.4, -0.2) is 17.6 Å². The topological polar surface area (TPSA) is 60.3 Å². The van der Waals surface area contributed by atoms with E-state index in [4.69, 9.17) is 4.74 Å². The third kappa shape index (κ3) is 3.55. The van der Waals surface area contributed by atoms with E-state index in [1.54, 1.807) is 42.1 Å². The fourth-order valence-corrected chi connectivity index (χ4v) is 2.98. The van der Waals surface area contributed by atoms with Crippen molar-refractivity contribution in [3.63, 3.8) is 0 Å². The van der Waals surface area contributed by atoms with Gasteiger partial charge in [0.25, 0.3) is 0 Å². The van der Waals surface area contributed by atoms with Gasteiger partial charge in [-0.3, -0.25) is 9.59 Å². The minimum absolute atomic E-state index is 0.0284. The van der Waals surface area contributed by atoms with Crippen molar-refractivity contribution in [2.75, 3.05) is 12.4 Å². The normalized spacial score (nSPS) is 10.7. The van der Waals surface area contributed by atoms with Crippen LogP contribution in [0, 0.1) is 13.8 Å². The molecule has 1 N–H and O–H groups in total. The first kappa shape index (κ1) is 16.8. The molecule has 0 unspecified atom stereocenters. The lowest BCUT2D eigenvalue weighted by Gasteiger charge is -2.13. The van der Waals surface area contributed by atoms with Gasteiger partial charge in [0.15, 0.2) is 5.43 Å². The molecular weight excluding hydrogens is 316 g/mol. The number of methoxy groups -OCH3 is 1. The van der Waals surface area contributed by atoms with E-state index in [0.29, 0.717) is 11.1 Å². The number of carbonyl (C=O) groups excluding carboxylic acids is 1. The Morgan fingerprint density at radius 3 is 2.52 bits per heavy atom. The first-order valence-electron chi connectivity index (χ1n) is 8.02. The SMILES string of the molecule is COc1ccc(NC(=O)Cn2ccc(=O)c3c(C)cc(C)cc32)cc1. The average molecular weight is 336 g/mol. The van der Waals surface area contributed by atoms with E-state index in [9.17, 15) is 9.59 Å². The van der Waals surface area contributed by atoms with Crippen LogP contribution in [0.25, 0.3) is 10.9 Å². The predicted molar refractivity (Wildman–Crippen MR) is 99.3 cm³/mol. The van der Waals surface area contributed by atoms with E-state index in [2.05, 4.69) is 5.32 Å². The number of pyridine rings is 1. The highest BCUT2D eigenvalue weighted by Gasteiger charge is 2.10. The van der Waals surface area contributed by atoms with Crippen molar-refractivity contribution in [2.45, 2.75) is 20.4 Å². The van der Waals surface area contributed by atoms with Crippen LogP contribution in [0.4, 0.5) is 5.69 Å². The number of hydrogen-bond donors (Lipinski definition) is 1. The second-order valence-corrected chi connectivity index (χ2v) is 6.06. The van der Waals surface area contributed by atoms with Crippen LogP contribution >= 0.6 is 0 Å². The van der Waals surface area contributed by atoms with Crippen LogP contribution < -0.4 is 15.5 Å². The molecule has 0 bridgehead atoms. The molecule has 0 fully saturated rings. The molecule has 0 spiro atoms. The lowest BCUT2D eigenvalue weighted by Crippen LogP contribution is -2.20. The zero-order chi connectivity index (χ0) is 18.0. The van der Waals surface area contributed by atoms with Gasteiger partial charge in [0, 0.05) is 23.3 Å². The number of amides is 1. The number of fused-ring (bicyclic) bond motifs is 1. The molecule has 0 aliphatic rings. The maximum Gasteiger partial charge on any atom is 0.244 e. The Morgan fingerprint density at radius 1 is 1.12 bits per heavy atom. The molecule has 5 heteroatoms. The standard InChI is InChI=1S/C20H20N2O3/c1-13-10-14(2)20-17(11-13)22(9-8-18(20)23)12-19(24)21-15-4-6-16(25-3)7-5-15/h4-11H,12H2,1-3H3,(H,21,24). The van der Waals surface area contributed by atoms with E-state index < -0.39 is 0 Å². The van der Waals surface area contributed by atoms with Crippen molar-refractivity contribution in [3.05, 3.63) is 70.0 Å². The van der Waals surface area contributed by atoms with Crippen LogP contribution in [0.1, 0.15) is 11.1 Å². The molecule has 128 valence electrons. The molecule has 1 amide bonds. The summed E-state index contributed by atoms with van der Waals surface area (Å²) < 4.78 is 6.91.